The number of benzene rings is 4. The summed E-state index contributed by atoms with van der Waals surface area (Å²) in [6.45, 7) is 4.25. The Morgan fingerprint density at radius 3 is 2.47 bits per heavy atom. The van der Waals surface area contributed by atoms with Gasteiger partial charge < -0.3 is 9.64 Å². The second-order valence-corrected chi connectivity index (χ2v) is 12.7. The van der Waals surface area contributed by atoms with E-state index in [2.05, 4.69) is 74.2 Å². The van der Waals surface area contributed by atoms with Gasteiger partial charge in [-0.2, -0.15) is 0 Å². The maximum Gasteiger partial charge on any atom is 0.270 e. The third kappa shape index (κ3) is 3.06. The highest BCUT2D eigenvalue weighted by Crippen LogP contribution is 2.48. The van der Waals surface area contributed by atoms with Crippen molar-refractivity contribution in [1.82, 2.24) is 0 Å². The zero-order valence-electron chi connectivity index (χ0n) is 24.3. The van der Waals surface area contributed by atoms with Crippen LogP contribution in [-0.2, 0) is 0 Å². The molecule has 0 N–H and O–H groups in total. The van der Waals surface area contributed by atoms with Gasteiger partial charge in [-0.1, -0.05) is 67.1 Å². The first-order valence-electron chi connectivity index (χ1n) is 14.5. The quantitative estimate of drug-likeness (QED) is 0.209. The summed E-state index contributed by atoms with van der Waals surface area (Å²) in [4.78, 5) is 2.27. The number of hydrogen-bond donors (Lipinski definition) is 0. The number of nitrogens with zero attached hydrogens (tertiary/aromatic N) is 1. The molecular weight excluding hydrogens is 501 g/mol. The van der Waals surface area contributed by atoms with Crippen LogP contribution in [0.25, 0.3) is 20.2 Å². The normalized spacial score (nSPS) is 15.1. The van der Waals surface area contributed by atoms with Crippen LogP contribution in [0, 0.1) is 13.8 Å². The number of fused-ring (bicyclic) bond motifs is 8. The smallest absolute Gasteiger partial charge is 0.270 e. The molecule has 2 aliphatic rings. The molecule has 5 heteroatoms. The highest BCUT2D eigenvalue weighted by atomic mass is 32.1. The van der Waals surface area contributed by atoms with Gasteiger partial charge in [0, 0.05) is 35.0 Å². The summed E-state index contributed by atoms with van der Waals surface area (Å²) in [7, 11) is 0. The lowest BCUT2D eigenvalue weighted by atomic mass is 9.37. The fourth-order valence-corrected chi connectivity index (χ4v) is 8.48. The molecule has 0 spiro atoms. The Morgan fingerprint density at radius 2 is 1.66 bits per heavy atom. The Bertz CT molecular complexity index is 2030. The van der Waals surface area contributed by atoms with Gasteiger partial charge in [-0.15, -0.1) is 11.3 Å². The summed E-state index contributed by atoms with van der Waals surface area (Å²) in [5, 5.41) is 3.28. The number of ether oxygens (including phenoxy) is 1. The summed E-state index contributed by atoms with van der Waals surface area (Å²) in [5.74, 6) is 1.03. The molecule has 0 saturated carbocycles. The lowest BCUT2D eigenvalue weighted by molar-refractivity contribution is 0.501. The van der Waals surface area contributed by atoms with Crippen LogP contribution in [0.1, 0.15) is 40.6 Å². The van der Waals surface area contributed by atoms with Crippen LogP contribution in [0.15, 0.2) is 78.9 Å². The zero-order valence-corrected chi connectivity index (χ0v) is 23.0. The van der Waals surface area contributed by atoms with Crippen molar-refractivity contribution in [2.45, 2.75) is 33.5 Å². The second kappa shape index (κ2) is 7.98. The average molecular weight is 531 g/mol. The number of para-hydroxylation sites is 1. The van der Waals surface area contributed by atoms with Gasteiger partial charge >= 0.3 is 0 Å². The molecule has 0 radical (unpaired) electrons. The first-order chi connectivity index (χ1) is 19.7. The number of anilines is 3. The van der Waals surface area contributed by atoms with Crippen molar-refractivity contribution in [3.63, 3.8) is 0 Å². The van der Waals surface area contributed by atoms with E-state index >= 15 is 0 Å². The Hall–Kier alpha value is -3.54. The van der Waals surface area contributed by atoms with Gasteiger partial charge in [0.15, 0.2) is 5.06 Å². The predicted molar refractivity (Wildman–Crippen MR) is 167 cm³/mol. The van der Waals surface area contributed by atoms with Crippen molar-refractivity contribution in [3.8, 4) is 10.8 Å². The SMILES string of the molecule is [2H]C([2H])([2H])c1cc2c3c(c1)N(c1ccccc1)c1c(sc4ccc(C(C)C)cc14)B3c1c(sc3ccc(C)cc13)O2. The van der Waals surface area contributed by atoms with E-state index in [1.807, 2.05) is 35.6 Å². The summed E-state index contributed by atoms with van der Waals surface area (Å²) in [6, 6.07) is 27.3. The van der Waals surface area contributed by atoms with Gasteiger partial charge in [-0.25, -0.2) is 0 Å². The van der Waals surface area contributed by atoms with E-state index in [1.54, 1.807) is 17.4 Å². The molecule has 2 aromatic heterocycles. The van der Waals surface area contributed by atoms with Crippen molar-refractivity contribution in [3.05, 3.63) is 95.6 Å². The number of thiophene rings is 2. The van der Waals surface area contributed by atoms with Gasteiger partial charge in [0.1, 0.15) is 5.75 Å². The summed E-state index contributed by atoms with van der Waals surface area (Å²) in [5.41, 5.74) is 8.04. The molecule has 0 saturated heterocycles. The van der Waals surface area contributed by atoms with E-state index in [0.717, 1.165) is 27.6 Å². The van der Waals surface area contributed by atoms with Crippen LogP contribution < -0.4 is 25.3 Å². The van der Waals surface area contributed by atoms with E-state index in [4.69, 9.17) is 8.85 Å². The Kier molecular flexibility index (Phi) is 4.10. The molecule has 4 aromatic carbocycles. The summed E-state index contributed by atoms with van der Waals surface area (Å²) >= 11 is 3.49. The minimum atomic E-state index is -2.27. The van der Waals surface area contributed by atoms with Crippen molar-refractivity contribution >= 4 is 82.3 Å². The van der Waals surface area contributed by atoms with Crippen LogP contribution in [-0.4, -0.2) is 6.71 Å². The molecule has 184 valence electrons. The molecule has 2 aliphatic heterocycles. The average Bonchev–Trinajstić information content (AvgIpc) is 3.50. The fraction of sp³-hybridized carbons (Fsp3) is 0.152. The first-order valence-corrected chi connectivity index (χ1v) is 14.6. The molecule has 8 rings (SSSR count). The molecule has 0 aliphatic carbocycles. The van der Waals surface area contributed by atoms with E-state index < -0.39 is 6.85 Å². The standard InChI is InChI=1S/C33H26BNOS2/c1-18(2)21-11-13-28-24(17-21)31-32(37-28)34-29-23-14-19(3)10-12-27(23)38-33(29)36-26-16-20(4)15-25(30(26)34)35(31)22-8-6-5-7-9-22/h5-18H,1-4H3/i4D3. The van der Waals surface area contributed by atoms with Gasteiger partial charge in [-0.05, 0) is 89.6 Å². The zero-order chi connectivity index (χ0) is 28.2. The highest BCUT2D eigenvalue weighted by Gasteiger charge is 2.45. The molecule has 4 heterocycles. The van der Waals surface area contributed by atoms with Gasteiger partial charge in [-0.3, -0.25) is 0 Å². The minimum Gasteiger partial charge on any atom is -0.448 e. The molecular formula is C33H26BNOS2. The predicted octanol–water partition coefficient (Wildman–Crippen LogP) is 8.26. The molecule has 0 amide bonds. The lowest BCUT2D eigenvalue weighted by Crippen LogP contribution is -2.58. The molecule has 0 atom stereocenters. The summed E-state index contributed by atoms with van der Waals surface area (Å²) in [6.07, 6.45) is 0. The third-order valence-electron chi connectivity index (χ3n) is 7.87. The largest absolute Gasteiger partial charge is 0.448 e. The maximum absolute atomic E-state index is 8.34. The molecule has 0 unspecified atom stereocenters. The van der Waals surface area contributed by atoms with Crippen LogP contribution in [0.3, 0.4) is 0 Å². The molecule has 0 fully saturated rings. The minimum absolute atomic E-state index is 0.0557. The molecule has 2 nitrogen and oxygen atoms in total. The number of aryl methyl sites for hydroxylation is 2. The van der Waals surface area contributed by atoms with Crippen molar-refractivity contribution in [2.75, 3.05) is 4.90 Å². The highest BCUT2D eigenvalue weighted by molar-refractivity contribution is 7.35. The van der Waals surface area contributed by atoms with E-state index in [-0.39, 0.29) is 12.3 Å². The second-order valence-electron chi connectivity index (χ2n) is 10.6. The Morgan fingerprint density at radius 1 is 0.842 bits per heavy atom. The first kappa shape index (κ1) is 19.5. The lowest BCUT2D eigenvalue weighted by Gasteiger charge is -2.38. The van der Waals surface area contributed by atoms with Gasteiger partial charge in [0.25, 0.3) is 6.71 Å². The van der Waals surface area contributed by atoms with Crippen LogP contribution >= 0.6 is 22.7 Å². The van der Waals surface area contributed by atoms with Gasteiger partial charge in [0.05, 0.1) is 5.69 Å². The molecule has 38 heavy (non-hydrogen) atoms. The van der Waals surface area contributed by atoms with Crippen molar-refractivity contribution in [1.29, 1.82) is 0 Å². The Balaban J connectivity index is 1.54. The van der Waals surface area contributed by atoms with E-state index in [9.17, 15) is 0 Å². The maximum atomic E-state index is 8.34. The molecule has 6 aromatic rings. The third-order valence-corrected chi connectivity index (χ3v) is 10.2. The van der Waals surface area contributed by atoms with Crippen molar-refractivity contribution < 1.29 is 8.85 Å². The van der Waals surface area contributed by atoms with E-state index in [1.165, 1.54) is 41.5 Å². The van der Waals surface area contributed by atoms with E-state index in [0.29, 0.717) is 11.7 Å². The number of hydrogen-bond acceptors (Lipinski definition) is 4. The molecule has 0 bridgehead atoms. The topological polar surface area (TPSA) is 12.5 Å². The summed E-state index contributed by atoms with van der Waals surface area (Å²) < 4.78 is 35.4. The van der Waals surface area contributed by atoms with Gasteiger partial charge in [0.2, 0.25) is 0 Å². The van der Waals surface area contributed by atoms with Crippen LogP contribution in [0.2, 0.25) is 0 Å². The van der Waals surface area contributed by atoms with Crippen molar-refractivity contribution in [2.24, 2.45) is 0 Å². The van der Waals surface area contributed by atoms with Crippen LogP contribution in [0.5, 0.6) is 10.8 Å². The number of rotatable bonds is 2. The Labute approximate surface area is 235 Å². The monoisotopic (exact) mass is 530 g/mol. The fourth-order valence-electron chi connectivity index (χ4n) is 6.11. The van der Waals surface area contributed by atoms with Crippen LogP contribution in [0.4, 0.5) is 17.1 Å².